The molecular formula is C20H22ClN3O3. The number of benzene rings is 2. The largest absolute Gasteiger partial charge is 0.494 e. The minimum atomic E-state index is -0.506. The van der Waals surface area contributed by atoms with Crippen LogP contribution in [0.4, 0.5) is 5.69 Å². The fourth-order valence-corrected chi connectivity index (χ4v) is 2.25. The fraction of sp³-hybridized carbons (Fsp3) is 0.250. The third-order valence-corrected chi connectivity index (χ3v) is 3.73. The van der Waals surface area contributed by atoms with Crippen LogP contribution in [0.15, 0.2) is 53.6 Å². The summed E-state index contributed by atoms with van der Waals surface area (Å²) in [7, 11) is 0. The highest BCUT2D eigenvalue weighted by Gasteiger charge is 2.08. The van der Waals surface area contributed by atoms with Crippen LogP contribution in [-0.4, -0.2) is 24.6 Å². The highest BCUT2D eigenvalue weighted by atomic mass is 35.5. The van der Waals surface area contributed by atoms with Crippen LogP contribution in [0.5, 0.6) is 5.75 Å². The van der Waals surface area contributed by atoms with Crippen LogP contribution in [-0.2, 0) is 9.59 Å². The first-order valence-electron chi connectivity index (χ1n) is 8.67. The molecule has 0 aliphatic heterocycles. The maximum Gasteiger partial charge on any atom is 0.249 e. The van der Waals surface area contributed by atoms with Crippen LogP contribution < -0.4 is 15.5 Å². The van der Waals surface area contributed by atoms with Crippen molar-refractivity contribution in [2.24, 2.45) is 5.10 Å². The number of unbranched alkanes of at least 4 members (excludes halogenated alkanes) is 1. The Morgan fingerprint density at radius 1 is 1.15 bits per heavy atom. The topological polar surface area (TPSA) is 79.8 Å². The number of nitrogens with zero attached hydrogens (tertiary/aromatic N) is 1. The summed E-state index contributed by atoms with van der Waals surface area (Å²) in [6, 6.07) is 14.0. The van der Waals surface area contributed by atoms with Crippen LogP contribution in [0.3, 0.4) is 0 Å². The van der Waals surface area contributed by atoms with Crippen molar-refractivity contribution in [2.45, 2.75) is 26.2 Å². The summed E-state index contributed by atoms with van der Waals surface area (Å²) in [5.41, 5.74) is 3.69. The molecule has 2 amide bonds. The van der Waals surface area contributed by atoms with E-state index < -0.39 is 11.8 Å². The Balaban J connectivity index is 1.78. The number of carbonyl (C=O) groups excluding carboxylic acids is 2. The van der Waals surface area contributed by atoms with Gasteiger partial charge in [-0.25, -0.2) is 5.43 Å². The molecule has 2 aromatic carbocycles. The van der Waals surface area contributed by atoms with Crippen LogP contribution >= 0.6 is 11.6 Å². The number of anilines is 1. The quantitative estimate of drug-likeness (QED) is 0.295. The van der Waals surface area contributed by atoms with Crippen LogP contribution in [0, 0.1) is 0 Å². The second kappa shape index (κ2) is 11.0. The van der Waals surface area contributed by atoms with Gasteiger partial charge in [-0.05, 0) is 48.4 Å². The summed E-state index contributed by atoms with van der Waals surface area (Å²) in [4.78, 5) is 23.6. The van der Waals surface area contributed by atoms with Gasteiger partial charge in [-0.1, -0.05) is 37.1 Å². The predicted octanol–water partition coefficient (Wildman–Crippen LogP) is 4.00. The number of rotatable bonds is 9. The zero-order chi connectivity index (χ0) is 19.5. The van der Waals surface area contributed by atoms with Crippen molar-refractivity contribution >= 4 is 35.3 Å². The number of ether oxygens (including phenoxy) is 1. The van der Waals surface area contributed by atoms with Gasteiger partial charge in [0.25, 0.3) is 0 Å². The fourth-order valence-electron chi connectivity index (χ4n) is 2.12. The minimum absolute atomic E-state index is 0.333. The number of carbonyl (C=O) groups is 2. The Morgan fingerprint density at radius 3 is 2.67 bits per heavy atom. The molecule has 0 saturated carbocycles. The maximum absolute atomic E-state index is 11.8. The van der Waals surface area contributed by atoms with Crippen molar-refractivity contribution in [3.05, 3.63) is 59.1 Å². The number of halogens is 1. The van der Waals surface area contributed by atoms with Gasteiger partial charge < -0.3 is 10.1 Å². The van der Waals surface area contributed by atoms with Crippen LogP contribution in [0.2, 0.25) is 5.02 Å². The Labute approximate surface area is 163 Å². The van der Waals surface area contributed by atoms with Crippen molar-refractivity contribution in [1.29, 1.82) is 0 Å². The summed E-state index contributed by atoms with van der Waals surface area (Å²) in [5.74, 6) is -0.189. The monoisotopic (exact) mass is 387 g/mol. The second-order valence-corrected chi connectivity index (χ2v) is 6.24. The molecule has 0 saturated heterocycles. The molecule has 2 N–H and O–H groups in total. The van der Waals surface area contributed by atoms with E-state index in [0.29, 0.717) is 17.3 Å². The summed E-state index contributed by atoms with van der Waals surface area (Å²) < 4.78 is 5.62. The van der Waals surface area contributed by atoms with E-state index in [1.807, 2.05) is 24.3 Å². The summed E-state index contributed by atoms with van der Waals surface area (Å²) in [6.45, 7) is 2.77. The first-order chi connectivity index (χ1) is 13.1. The van der Waals surface area contributed by atoms with Crippen LogP contribution in [0.25, 0.3) is 0 Å². The van der Waals surface area contributed by atoms with E-state index in [2.05, 4.69) is 22.8 Å². The first-order valence-corrected chi connectivity index (χ1v) is 9.05. The lowest BCUT2D eigenvalue weighted by atomic mass is 10.2. The zero-order valence-electron chi connectivity index (χ0n) is 15.1. The molecule has 27 heavy (non-hydrogen) atoms. The zero-order valence-corrected chi connectivity index (χ0v) is 15.8. The SMILES string of the molecule is CCCCOc1cccc(C=NNC(=O)CC(=O)Nc2ccc(Cl)cc2)c1. The normalized spacial score (nSPS) is 10.6. The number of nitrogens with one attached hydrogen (secondary N) is 2. The Morgan fingerprint density at radius 2 is 1.93 bits per heavy atom. The van der Waals surface area contributed by atoms with E-state index in [1.165, 1.54) is 6.21 Å². The molecule has 6 nitrogen and oxygen atoms in total. The lowest BCUT2D eigenvalue weighted by Gasteiger charge is -2.06. The molecule has 0 atom stereocenters. The Hall–Kier alpha value is -2.86. The molecule has 0 heterocycles. The molecule has 142 valence electrons. The third kappa shape index (κ3) is 7.92. The number of amides is 2. The molecule has 2 aromatic rings. The van der Waals surface area contributed by atoms with Crippen molar-refractivity contribution in [3.8, 4) is 5.75 Å². The van der Waals surface area contributed by atoms with Crippen LogP contribution in [0.1, 0.15) is 31.7 Å². The third-order valence-electron chi connectivity index (χ3n) is 3.48. The molecule has 2 rings (SSSR count). The average Bonchev–Trinajstić information content (AvgIpc) is 2.64. The molecular weight excluding hydrogens is 366 g/mol. The van der Waals surface area contributed by atoms with Gasteiger partial charge in [-0.2, -0.15) is 5.10 Å². The Kier molecular flexibility index (Phi) is 8.32. The van der Waals surface area contributed by atoms with Gasteiger partial charge in [-0.15, -0.1) is 0 Å². The molecule has 0 spiro atoms. The van der Waals surface area contributed by atoms with Gasteiger partial charge in [0, 0.05) is 10.7 Å². The predicted molar refractivity (Wildman–Crippen MR) is 107 cm³/mol. The van der Waals surface area contributed by atoms with Crippen molar-refractivity contribution in [3.63, 3.8) is 0 Å². The molecule has 0 radical (unpaired) electrons. The smallest absolute Gasteiger partial charge is 0.249 e. The summed E-state index contributed by atoms with van der Waals surface area (Å²) in [6.07, 6.45) is 3.23. The van der Waals surface area contributed by atoms with E-state index in [4.69, 9.17) is 16.3 Å². The molecule has 0 aliphatic carbocycles. The summed E-state index contributed by atoms with van der Waals surface area (Å²) in [5, 5.41) is 7.06. The standard InChI is InChI=1S/C20H22ClN3O3/c1-2-3-11-27-18-6-4-5-15(12-18)14-22-24-20(26)13-19(25)23-17-9-7-16(21)8-10-17/h4-10,12,14H,2-3,11,13H2,1H3,(H,23,25)(H,24,26). The average molecular weight is 388 g/mol. The number of hydrogen-bond donors (Lipinski definition) is 2. The van der Waals surface area contributed by atoms with Gasteiger partial charge in [0.1, 0.15) is 12.2 Å². The maximum atomic E-state index is 11.8. The molecule has 0 aromatic heterocycles. The van der Waals surface area contributed by atoms with Gasteiger partial charge in [0.05, 0.1) is 12.8 Å². The molecule has 0 aliphatic rings. The molecule has 0 bridgehead atoms. The number of hydrogen-bond acceptors (Lipinski definition) is 4. The first kappa shape index (κ1) is 20.5. The van der Waals surface area contributed by atoms with Crippen molar-refractivity contribution in [2.75, 3.05) is 11.9 Å². The lowest BCUT2D eigenvalue weighted by Crippen LogP contribution is -2.24. The molecule has 0 unspecified atom stereocenters. The summed E-state index contributed by atoms with van der Waals surface area (Å²) >= 11 is 5.78. The molecule has 0 fully saturated rings. The van der Waals surface area contributed by atoms with Gasteiger partial charge in [0.2, 0.25) is 11.8 Å². The Bertz CT molecular complexity index is 791. The second-order valence-electron chi connectivity index (χ2n) is 5.80. The minimum Gasteiger partial charge on any atom is -0.494 e. The van der Waals surface area contributed by atoms with E-state index in [9.17, 15) is 9.59 Å². The van der Waals surface area contributed by atoms with E-state index >= 15 is 0 Å². The highest BCUT2D eigenvalue weighted by molar-refractivity contribution is 6.30. The van der Waals surface area contributed by atoms with Gasteiger partial charge in [-0.3, -0.25) is 9.59 Å². The van der Waals surface area contributed by atoms with E-state index in [-0.39, 0.29) is 6.42 Å². The highest BCUT2D eigenvalue weighted by Crippen LogP contribution is 2.14. The lowest BCUT2D eigenvalue weighted by molar-refractivity contribution is -0.126. The van der Waals surface area contributed by atoms with Gasteiger partial charge >= 0.3 is 0 Å². The van der Waals surface area contributed by atoms with E-state index in [0.717, 1.165) is 24.2 Å². The number of hydrazone groups is 1. The molecule has 7 heteroatoms. The van der Waals surface area contributed by atoms with Crippen molar-refractivity contribution in [1.82, 2.24) is 5.43 Å². The van der Waals surface area contributed by atoms with Gasteiger partial charge in [0.15, 0.2) is 0 Å². The van der Waals surface area contributed by atoms with E-state index in [1.54, 1.807) is 24.3 Å². The van der Waals surface area contributed by atoms with Crippen molar-refractivity contribution < 1.29 is 14.3 Å².